The van der Waals surface area contributed by atoms with Crippen LogP contribution < -0.4 is 4.72 Å². The van der Waals surface area contributed by atoms with Crippen molar-refractivity contribution in [2.75, 3.05) is 17.6 Å². The average Bonchev–Trinajstić information content (AvgIpc) is 2.85. The summed E-state index contributed by atoms with van der Waals surface area (Å²) >= 11 is 1.16. The van der Waals surface area contributed by atoms with E-state index < -0.39 is 27.7 Å². The maximum Gasteiger partial charge on any atom is 0.341 e. The molecule has 9 heteroatoms. The molecule has 0 saturated heterocycles. The minimum Gasteiger partial charge on any atom is -0.480 e. The number of nitrogens with one attached hydrogen (secondary N) is 1. The van der Waals surface area contributed by atoms with Gasteiger partial charge in [-0.1, -0.05) is 0 Å². The van der Waals surface area contributed by atoms with E-state index in [-0.39, 0.29) is 10.6 Å². The summed E-state index contributed by atoms with van der Waals surface area (Å²) in [6.45, 7) is 0. The number of hydrogen-bond acceptors (Lipinski definition) is 6. The van der Waals surface area contributed by atoms with Gasteiger partial charge in [0.1, 0.15) is 5.00 Å². The SMILES string of the molecule is COC(=O)c1c(NS(=O)(=O)CC(=O)O)sc2c1CCC2. The molecule has 0 fully saturated rings. The molecule has 7 nitrogen and oxygen atoms in total. The molecule has 1 heterocycles. The Bertz CT molecular complexity index is 661. The standard InChI is InChI=1S/C11H13NO6S2/c1-18-11(15)9-6-3-2-4-7(6)19-10(9)12-20(16,17)5-8(13)14/h12H,2-5H2,1H3,(H,13,14). The normalized spacial score (nSPS) is 13.8. The van der Waals surface area contributed by atoms with Gasteiger partial charge in [-0.25, -0.2) is 13.2 Å². The summed E-state index contributed by atoms with van der Waals surface area (Å²) in [6.07, 6.45) is 2.38. The van der Waals surface area contributed by atoms with Crippen molar-refractivity contribution in [3.05, 3.63) is 16.0 Å². The smallest absolute Gasteiger partial charge is 0.341 e. The Labute approximate surface area is 119 Å². The number of anilines is 1. The van der Waals surface area contributed by atoms with E-state index in [4.69, 9.17) is 5.11 Å². The second kappa shape index (κ2) is 5.41. The molecule has 0 unspecified atom stereocenters. The van der Waals surface area contributed by atoms with Crippen LogP contribution in [0.2, 0.25) is 0 Å². The molecule has 1 aromatic heterocycles. The van der Waals surface area contributed by atoms with Gasteiger partial charge in [0.15, 0.2) is 5.75 Å². The Morgan fingerprint density at radius 1 is 1.40 bits per heavy atom. The molecule has 2 rings (SSSR count). The maximum absolute atomic E-state index is 11.8. The van der Waals surface area contributed by atoms with Gasteiger partial charge in [0, 0.05) is 4.88 Å². The summed E-state index contributed by atoms with van der Waals surface area (Å²) in [5.74, 6) is -3.12. The molecule has 20 heavy (non-hydrogen) atoms. The summed E-state index contributed by atoms with van der Waals surface area (Å²) in [6, 6.07) is 0. The Kier molecular flexibility index (Phi) is 4.00. The fraction of sp³-hybridized carbons (Fsp3) is 0.455. The largest absolute Gasteiger partial charge is 0.480 e. The van der Waals surface area contributed by atoms with E-state index in [1.165, 1.54) is 7.11 Å². The van der Waals surface area contributed by atoms with Crippen molar-refractivity contribution in [2.24, 2.45) is 0 Å². The van der Waals surface area contributed by atoms with Crippen molar-refractivity contribution in [1.82, 2.24) is 0 Å². The van der Waals surface area contributed by atoms with Gasteiger partial charge in [-0.2, -0.15) is 0 Å². The first-order valence-electron chi connectivity index (χ1n) is 5.79. The number of thiophene rings is 1. The number of methoxy groups -OCH3 is 1. The number of carboxylic acids is 1. The van der Waals surface area contributed by atoms with Gasteiger partial charge in [0.25, 0.3) is 0 Å². The number of esters is 1. The molecule has 0 aliphatic heterocycles. The molecule has 0 bridgehead atoms. The summed E-state index contributed by atoms with van der Waals surface area (Å²) in [5.41, 5.74) is 1.01. The zero-order valence-electron chi connectivity index (χ0n) is 10.6. The highest BCUT2D eigenvalue weighted by Gasteiger charge is 2.29. The van der Waals surface area contributed by atoms with Gasteiger partial charge in [-0.15, -0.1) is 11.3 Å². The van der Waals surface area contributed by atoms with Gasteiger partial charge < -0.3 is 9.84 Å². The van der Waals surface area contributed by atoms with Crippen LogP contribution in [0.1, 0.15) is 27.2 Å². The fourth-order valence-corrected chi connectivity index (χ4v) is 4.59. The molecule has 0 amide bonds. The van der Waals surface area contributed by atoms with Gasteiger partial charge in [0.2, 0.25) is 10.0 Å². The van der Waals surface area contributed by atoms with Crippen LogP contribution in [0.15, 0.2) is 0 Å². The number of aryl methyl sites for hydroxylation is 1. The molecule has 0 atom stereocenters. The van der Waals surface area contributed by atoms with Crippen molar-refractivity contribution in [3.8, 4) is 0 Å². The van der Waals surface area contributed by atoms with Crippen LogP contribution >= 0.6 is 11.3 Å². The van der Waals surface area contributed by atoms with Crippen LogP contribution in [-0.4, -0.2) is 38.3 Å². The molecule has 0 saturated carbocycles. The third-order valence-electron chi connectivity index (χ3n) is 2.87. The van der Waals surface area contributed by atoms with Crippen LogP contribution in [0.5, 0.6) is 0 Å². The Balaban J connectivity index is 2.38. The summed E-state index contributed by atoms with van der Waals surface area (Å²) < 4.78 is 30.2. The number of hydrogen-bond donors (Lipinski definition) is 2. The second-order valence-electron chi connectivity index (χ2n) is 4.31. The highest BCUT2D eigenvalue weighted by molar-refractivity contribution is 7.93. The lowest BCUT2D eigenvalue weighted by Crippen LogP contribution is -2.23. The zero-order chi connectivity index (χ0) is 14.9. The minimum absolute atomic E-state index is 0.141. The molecule has 110 valence electrons. The molecule has 0 aromatic carbocycles. The van der Waals surface area contributed by atoms with E-state index in [0.29, 0.717) is 6.42 Å². The molecule has 1 aliphatic rings. The van der Waals surface area contributed by atoms with Crippen LogP contribution in [0.3, 0.4) is 0 Å². The molecule has 2 N–H and O–H groups in total. The molecular formula is C11H13NO6S2. The first-order chi connectivity index (χ1) is 9.34. The third-order valence-corrected chi connectivity index (χ3v) is 5.35. The van der Waals surface area contributed by atoms with Gasteiger partial charge >= 0.3 is 11.9 Å². The lowest BCUT2D eigenvalue weighted by atomic mass is 10.1. The quantitative estimate of drug-likeness (QED) is 0.779. The predicted molar refractivity (Wildman–Crippen MR) is 72.7 cm³/mol. The van der Waals surface area contributed by atoms with Crippen molar-refractivity contribution in [1.29, 1.82) is 0 Å². The van der Waals surface area contributed by atoms with E-state index in [9.17, 15) is 18.0 Å². The molecule has 1 aliphatic carbocycles. The van der Waals surface area contributed by atoms with E-state index in [1.54, 1.807) is 0 Å². The van der Waals surface area contributed by atoms with Crippen LogP contribution in [0.4, 0.5) is 5.00 Å². The molecule has 1 aromatic rings. The fourth-order valence-electron chi connectivity index (χ4n) is 2.13. The molecular weight excluding hydrogens is 306 g/mol. The summed E-state index contributed by atoms with van der Waals surface area (Å²) in [5, 5.41) is 8.70. The van der Waals surface area contributed by atoms with E-state index >= 15 is 0 Å². The number of ether oxygens (including phenoxy) is 1. The van der Waals surface area contributed by atoms with Crippen LogP contribution in [-0.2, 0) is 32.4 Å². The highest BCUT2D eigenvalue weighted by atomic mass is 32.2. The Morgan fingerprint density at radius 3 is 2.70 bits per heavy atom. The average molecular weight is 319 g/mol. The first kappa shape index (κ1) is 14.8. The third kappa shape index (κ3) is 2.93. The first-order valence-corrected chi connectivity index (χ1v) is 8.26. The van der Waals surface area contributed by atoms with E-state index in [2.05, 4.69) is 9.46 Å². The van der Waals surface area contributed by atoms with Crippen LogP contribution in [0.25, 0.3) is 0 Å². The topological polar surface area (TPSA) is 110 Å². The number of rotatable bonds is 5. The van der Waals surface area contributed by atoms with Crippen LogP contribution in [0, 0.1) is 0 Å². The second-order valence-corrected chi connectivity index (χ2v) is 7.14. The molecule has 0 radical (unpaired) electrons. The monoisotopic (exact) mass is 319 g/mol. The maximum atomic E-state index is 11.8. The zero-order valence-corrected chi connectivity index (χ0v) is 12.3. The van der Waals surface area contributed by atoms with Crippen molar-refractivity contribution in [3.63, 3.8) is 0 Å². The predicted octanol–water partition coefficient (Wildman–Crippen LogP) is 0.850. The van der Waals surface area contributed by atoms with Crippen molar-refractivity contribution < 1.29 is 27.9 Å². The number of carbonyl (C=O) groups is 2. The number of carbonyl (C=O) groups excluding carboxylic acids is 1. The van der Waals surface area contributed by atoms with Gasteiger partial charge in [0.05, 0.1) is 12.7 Å². The summed E-state index contributed by atoms with van der Waals surface area (Å²) in [7, 11) is -2.81. The van der Waals surface area contributed by atoms with Crippen molar-refractivity contribution >= 4 is 38.3 Å². The number of aliphatic carboxylic acids is 1. The van der Waals surface area contributed by atoms with E-state index in [0.717, 1.165) is 34.6 Å². The number of sulfonamides is 1. The molecule has 0 spiro atoms. The number of fused-ring (bicyclic) bond motifs is 1. The lowest BCUT2D eigenvalue weighted by Gasteiger charge is -2.07. The van der Waals surface area contributed by atoms with Gasteiger partial charge in [-0.05, 0) is 24.8 Å². The summed E-state index contributed by atoms with van der Waals surface area (Å²) in [4.78, 5) is 23.3. The van der Waals surface area contributed by atoms with Crippen molar-refractivity contribution in [2.45, 2.75) is 19.3 Å². The van der Waals surface area contributed by atoms with E-state index in [1.807, 2.05) is 0 Å². The Hall–Kier alpha value is -1.61. The van der Waals surface area contributed by atoms with Gasteiger partial charge in [-0.3, -0.25) is 9.52 Å². The Morgan fingerprint density at radius 2 is 2.10 bits per heavy atom. The number of carboxylic acid groups (broad SMARTS) is 1. The lowest BCUT2D eigenvalue weighted by molar-refractivity contribution is -0.134. The minimum atomic E-state index is -4.03. The highest BCUT2D eigenvalue weighted by Crippen LogP contribution is 2.39.